The second-order valence-corrected chi connectivity index (χ2v) is 4.40. The van der Waals surface area contributed by atoms with Crippen molar-refractivity contribution in [3.63, 3.8) is 0 Å². The summed E-state index contributed by atoms with van der Waals surface area (Å²) in [5.74, 6) is 0.679. The number of hydrogen-bond acceptors (Lipinski definition) is 3. The van der Waals surface area contributed by atoms with E-state index < -0.39 is 0 Å². The Morgan fingerprint density at radius 1 is 1.56 bits per heavy atom. The second-order valence-electron chi connectivity index (χ2n) is 3.42. The van der Waals surface area contributed by atoms with Crippen molar-refractivity contribution in [3.05, 3.63) is 35.4 Å². The molecule has 0 spiro atoms. The standard InChI is InChI=1S/C12H14N2OS/c1-10-3-2-4-11(7-10)8-14-12(15)9-16-6-5-13/h2-4,7H,6,8-9H2,1H3,(H,14,15). The quantitative estimate of drug-likeness (QED) is 0.791. The van der Waals surface area contributed by atoms with Crippen LogP contribution in [-0.2, 0) is 11.3 Å². The highest BCUT2D eigenvalue weighted by atomic mass is 32.2. The van der Waals surface area contributed by atoms with Crippen molar-refractivity contribution < 1.29 is 4.79 Å². The molecule has 0 aliphatic rings. The maximum absolute atomic E-state index is 11.3. The number of rotatable bonds is 5. The Bertz CT molecular complexity index is 398. The van der Waals surface area contributed by atoms with Crippen LogP contribution < -0.4 is 5.32 Å². The minimum atomic E-state index is -0.0262. The summed E-state index contributed by atoms with van der Waals surface area (Å²) in [4.78, 5) is 11.3. The van der Waals surface area contributed by atoms with E-state index in [2.05, 4.69) is 5.32 Å². The van der Waals surface area contributed by atoms with Gasteiger partial charge >= 0.3 is 0 Å². The number of nitriles is 1. The molecule has 1 amide bonds. The van der Waals surface area contributed by atoms with Crippen molar-refractivity contribution in [2.75, 3.05) is 11.5 Å². The monoisotopic (exact) mass is 234 g/mol. The lowest BCUT2D eigenvalue weighted by atomic mass is 10.1. The Balaban J connectivity index is 2.29. The fourth-order valence-corrected chi connectivity index (χ4v) is 1.74. The van der Waals surface area contributed by atoms with E-state index in [-0.39, 0.29) is 5.91 Å². The number of carbonyl (C=O) groups excluding carboxylic acids is 1. The van der Waals surface area contributed by atoms with Crippen LogP contribution in [0.2, 0.25) is 0 Å². The van der Waals surface area contributed by atoms with Gasteiger partial charge in [-0.15, -0.1) is 11.8 Å². The van der Waals surface area contributed by atoms with Gasteiger partial charge in [0.15, 0.2) is 0 Å². The molecule has 4 heteroatoms. The summed E-state index contributed by atoms with van der Waals surface area (Å²) in [6, 6.07) is 10.0. The number of benzene rings is 1. The van der Waals surface area contributed by atoms with Crippen molar-refractivity contribution in [1.29, 1.82) is 5.26 Å². The van der Waals surface area contributed by atoms with E-state index in [1.54, 1.807) is 0 Å². The molecular formula is C12H14N2OS. The summed E-state index contributed by atoms with van der Waals surface area (Å²) in [7, 11) is 0. The van der Waals surface area contributed by atoms with Gasteiger partial charge in [0.05, 0.1) is 17.6 Å². The normalized spacial score (nSPS) is 9.50. The van der Waals surface area contributed by atoms with Crippen molar-refractivity contribution >= 4 is 17.7 Å². The Morgan fingerprint density at radius 2 is 2.38 bits per heavy atom. The molecule has 0 aliphatic heterocycles. The average molecular weight is 234 g/mol. The molecule has 0 aliphatic carbocycles. The summed E-state index contributed by atoms with van der Waals surface area (Å²) >= 11 is 1.33. The van der Waals surface area contributed by atoms with E-state index in [9.17, 15) is 4.79 Å². The third-order valence-corrected chi connectivity index (χ3v) is 2.77. The first-order valence-electron chi connectivity index (χ1n) is 4.99. The van der Waals surface area contributed by atoms with Gasteiger partial charge in [-0.25, -0.2) is 0 Å². The Kier molecular flexibility index (Phi) is 5.44. The lowest BCUT2D eigenvalue weighted by Crippen LogP contribution is -2.24. The molecule has 16 heavy (non-hydrogen) atoms. The number of hydrogen-bond donors (Lipinski definition) is 1. The highest BCUT2D eigenvalue weighted by molar-refractivity contribution is 8.00. The first kappa shape index (κ1) is 12.6. The van der Waals surface area contributed by atoms with Crippen LogP contribution in [-0.4, -0.2) is 17.4 Å². The molecule has 0 fully saturated rings. The zero-order chi connectivity index (χ0) is 11.8. The maximum atomic E-state index is 11.3. The van der Waals surface area contributed by atoms with Crippen LogP contribution >= 0.6 is 11.8 Å². The van der Waals surface area contributed by atoms with Gasteiger partial charge in [-0.1, -0.05) is 29.8 Å². The SMILES string of the molecule is Cc1cccc(CNC(=O)CSCC#N)c1. The van der Waals surface area contributed by atoms with E-state index in [1.807, 2.05) is 37.3 Å². The molecule has 3 nitrogen and oxygen atoms in total. The third kappa shape index (κ3) is 4.85. The predicted molar refractivity (Wildman–Crippen MR) is 66.0 cm³/mol. The molecule has 1 aromatic carbocycles. The number of nitrogens with one attached hydrogen (secondary N) is 1. The van der Waals surface area contributed by atoms with Crippen molar-refractivity contribution in [1.82, 2.24) is 5.32 Å². The molecule has 0 radical (unpaired) electrons. The molecule has 0 unspecified atom stereocenters. The zero-order valence-corrected chi connectivity index (χ0v) is 10.0. The van der Waals surface area contributed by atoms with E-state index in [1.165, 1.54) is 17.3 Å². The summed E-state index contributed by atoms with van der Waals surface area (Å²) in [5, 5.41) is 11.1. The van der Waals surface area contributed by atoms with Gasteiger partial charge in [-0.3, -0.25) is 4.79 Å². The lowest BCUT2D eigenvalue weighted by Gasteiger charge is -2.05. The molecule has 1 rings (SSSR count). The lowest BCUT2D eigenvalue weighted by molar-refractivity contribution is -0.118. The molecule has 1 N–H and O–H groups in total. The molecule has 0 saturated carbocycles. The van der Waals surface area contributed by atoms with Crippen molar-refractivity contribution in [3.8, 4) is 6.07 Å². The maximum Gasteiger partial charge on any atom is 0.230 e. The van der Waals surface area contributed by atoms with Crippen LogP contribution in [0.1, 0.15) is 11.1 Å². The summed E-state index contributed by atoms with van der Waals surface area (Å²) < 4.78 is 0. The van der Waals surface area contributed by atoms with Crippen LogP contribution in [0.15, 0.2) is 24.3 Å². The van der Waals surface area contributed by atoms with Gasteiger partial charge in [0.25, 0.3) is 0 Å². The fourth-order valence-electron chi connectivity index (χ4n) is 1.26. The highest BCUT2D eigenvalue weighted by Crippen LogP contribution is 2.03. The van der Waals surface area contributed by atoms with Gasteiger partial charge < -0.3 is 5.32 Å². The topological polar surface area (TPSA) is 52.9 Å². The molecule has 0 atom stereocenters. The van der Waals surface area contributed by atoms with Crippen LogP contribution in [0, 0.1) is 18.3 Å². The van der Waals surface area contributed by atoms with Crippen LogP contribution in [0.5, 0.6) is 0 Å². The van der Waals surface area contributed by atoms with Crippen molar-refractivity contribution in [2.24, 2.45) is 0 Å². The molecule has 84 valence electrons. The predicted octanol–water partition coefficient (Wildman–Crippen LogP) is 1.87. The Labute approximate surface area is 99.8 Å². The largest absolute Gasteiger partial charge is 0.351 e. The second kappa shape index (κ2) is 6.91. The van der Waals surface area contributed by atoms with Gasteiger partial charge in [-0.05, 0) is 12.5 Å². The Hall–Kier alpha value is -1.47. The molecular weight excluding hydrogens is 220 g/mol. The van der Waals surface area contributed by atoms with E-state index in [0.29, 0.717) is 18.1 Å². The van der Waals surface area contributed by atoms with Gasteiger partial charge in [0.1, 0.15) is 0 Å². The van der Waals surface area contributed by atoms with E-state index in [0.717, 1.165) is 5.56 Å². The molecule has 0 bridgehead atoms. The highest BCUT2D eigenvalue weighted by Gasteiger charge is 2.01. The van der Waals surface area contributed by atoms with E-state index >= 15 is 0 Å². The Morgan fingerprint density at radius 3 is 3.06 bits per heavy atom. The zero-order valence-electron chi connectivity index (χ0n) is 9.19. The van der Waals surface area contributed by atoms with Crippen LogP contribution in [0.25, 0.3) is 0 Å². The summed E-state index contributed by atoms with van der Waals surface area (Å²) in [6.07, 6.45) is 0. The number of thioether (sulfide) groups is 1. The third-order valence-electron chi connectivity index (χ3n) is 1.97. The smallest absolute Gasteiger partial charge is 0.230 e. The van der Waals surface area contributed by atoms with Crippen molar-refractivity contribution in [2.45, 2.75) is 13.5 Å². The minimum Gasteiger partial charge on any atom is -0.351 e. The van der Waals surface area contributed by atoms with Crippen LogP contribution in [0.3, 0.4) is 0 Å². The molecule has 0 saturated heterocycles. The number of nitrogens with zero attached hydrogens (tertiary/aromatic N) is 1. The number of aryl methyl sites for hydroxylation is 1. The first-order valence-corrected chi connectivity index (χ1v) is 6.15. The van der Waals surface area contributed by atoms with Gasteiger partial charge in [0.2, 0.25) is 5.91 Å². The van der Waals surface area contributed by atoms with E-state index in [4.69, 9.17) is 5.26 Å². The number of amides is 1. The molecule has 0 heterocycles. The fraction of sp³-hybridized carbons (Fsp3) is 0.333. The summed E-state index contributed by atoms with van der Waals surface area (Å²) in [5.41, 5.74) is 2.28. The average Bonchev–Trinajstić information content (AvgIpc) is 2.27. The molecule has 0 aromatic heterocycles. The minimum absolute atomic E-state index is 0.0262. The first-order chi connectivity index (χ1) is 7.72. The van der Waals surface area contributed by atoms with Gasteiger partial charge in [0, 0.05) is 6.54 Å². The summed E-state index contributed by atoms with van der Waals surface area (Å²) in [6.45, 7) is 2.57. The number of carbonyl (C=O) groups is 1. The molecule has 1 aromatic rings. The van der Waals surface area contributed by atoms with Crippen LogP contribution in [0.4, 0.5) is 0 Å². The van der Waals surface area contributed by atoms with Gasteiger partial charge in [-0.2, -0.15) is 5.26 Å².